The summed E-state index contributed by atoms with van der Waals surface area (Å²) in [5.41, 5.74) is 7.22. The SMILES string of the molecule is CCn1nccc1CN(C)C1CCCCC1CN. The van der Waals surface area contributed by atoms with Crippen molar-refractivity contribution in [1.29, 1.82) is 0 Å². The van der Waals surface area contributed by atoms with Crippen molar-refractivity contribution in [2.24, 2.45) is 11.7 Å². The Bertz CT molecular complexity index is 360. The van der Waals surface area contributed by atoms with Gasteiger partial charge in [0.15, 0.2) is 0 Å². The van der Waals surface area contributed by atoms with E-state index in [0.717, 1.165) is 19.6 Å². The summed E-state index contributed by atoms with van der Waals surface area (Å²) >= 11 is 0. The molecule has 2 unspecified atom stereocenters. The lowest BCUT2D eigenvalue weighted by Gasteiger charge is -2.37. The van der Waals surface area contributed by atoms with E-state index in [2.05, 4.69) is 34.7 Å². The van der Waals surface area contributed by atoms with Crippen molar-refractivity contribution in [2.75, 3.05) is 13.6 Å². The highest BCUT2D eigenvalue weighted by atomic mass is 15.3. The number of aryl methyl sites for hydroxylation is 1. The van der Waals surface area contributed by atoms with Crippen molar-refractivity contribution in [1.82, 2.24) is 14.7 Å². The number of rotatable bonds is 5. The van der Waals surface area contributed by atoms with Gasteiger partial charge in [-0.05, 0) is 45.3 Å². The third-order valence-electron chi connectivity index (χ3n) is 4.25. The molecule has 0 aromatic carbocycles. The maximum Gasteiger partial charge on any atom is 0.0524 e. The molecule has 18 heavy (non-hydrogen) atoms. The zero-order chi connectivity index (χ0) is 13.0. The molecular weight excluding hydrogens is 224 g/mol. The van der Waals surface area contributed by atoms with Gasteiger partial charge in [-0.2, -0.15) is 5.10 Å². The van der Waals surface area contributed by atoms with Crippen molar-refractivity contribution in [2.45, 2.75) is 51.7 Å². The monoisotopic (exact) mass is 250 g/mol. The van der Waals surface area contributed by atoms with Crippen LogP contribution in [0, 0.1) is 5.92 Å². The highest BCUT2D eigenvalue weighted by Gasteiger charge is 2.27. The molecular formula is C14H26N4. The molecule has 0 amide bonds. The molecule has 0 aliphatic heterocycles. The van der Waals surface area contributed by atoms with Crippen LogP contribution in [0.3, 0.4) is 0 Å². The number of aromatic nitrogens is 2. The van der Waals surface area contributed by atoms with Crippen molar-refractivity contribution in [3.8, 4) is 0 Å². The number of hydrogen-bond donors (Lipinski definition) is 1. The van der Waals surface area contributed by atoms with Gasteiger partial charge in [0.25, 0.3) is 0 Å². The second-order valence-corrected chi connectivity index (χ2v) is 5.40. The first-order valence-electron chi connectivity index (χ1n) is 7.17. The summed E-state index contributed by atoms with van der Waals surface area (Å²) in [6, 6.07) is 2.77. The van der Waals surface area contributed by atoms with E-state index in [1.54, 1.807) is 0 Å². The lowest BCUT2D eigenvalue weighted by Crippen LogP contribution is -2.42. The Hall–Kier alpha value is -0.870. The molecule has 0 saturated heterocycles. The van der Waals surface area contributed by atoms with Gasteiger partial charge in [-0.3, -0.25) is 9.58 Å². The Morgan fingerprint density at radius 1 is 1.44 bits per heavy atom. The fraction of sp³-hybridized carbons (Fsp3) is 0.786. The van der Waals surface area contributed by atoms with Gasteiger partial charge in [0.2, 0.25) is 0 Å². The Balaban J connectivity index is 1.99. The second kappa shape index (κ2) is 6.34. The Labute approximate surface area is 110 Å². The molecule has 2 atom stereocenters. The van der Waals surface area contributed by atoms with Crippen LogP contribution in [-0.2, 0) is 13.1 Å². The van der Waals surface area contributed by atoms with E-state index in [0.29, 0.717) is 12.0 Å². The van der Waals surface area contributed by atoms with Gasteiger partial charge in [-0.25, -0.2) is 0 Å². The molecule has 2 N–H and O–H groups in total. The molecule has 102 valence electrons. The van der Waals surface area contributed by atoms with Gasteiger partial charge in [0.05, 0.1) is 5.69 Å². The number of nitrogens with zero attached hydrogens (tertiary/aromatic N) is 3. The Kier molecular flexibility index (Phi) is 4.78. The molecule has 1 aliphatic carbocycles. The van der Waals surface area contributed by atoms with E-state index in [4.69, 9.17) is 5.73 Å². The van der Waals surface area contributed by atoms with Crippen molar-refractivity contribution < 1.29 is 0 Å². The number of nitrogens with two attached hydrogens (primary N) is 1. The molecule has 4 heteroatoms. The third kappa shape index (κ3) is 2.93. The van der Waals surface area contributed by atoms with Gasteiger partial charge < -0.3 is 5.73 Å². The van der Waals surface area contributed by atoms with Gasteiger partial charge in [0, 0.05) is 25.3 Å². The molecule has 0 spiro atoms. The molecule has 1 aliphatic rings. The molecule has 1 heterocycles. The summed E-state index contributed by atoms with van der Waals surface area (Å²) in [4.78, 5) is 2.47. The first-order valence-corrected chi connectivity index (χ1v) is 7.17. The fourth-order valence-corrected chi connectivity index (χ4v) is 3.20. The van der Waals surface area contributed by atoms with Crippen molar-refractivity contribution in [3.63, 3.8) is 0 Å². The Morgan fingerprint density at radius 2 is 2.22 bits per heavy atom. The minimum atomic E-state index is 0.643. The van der Waals surface area contributed by atoms with E-state index in [9.17, 15) is 0 Å². The molecule has 1 aromatic rings. The minimum absolute atomic E-state index is 0.643. The summed E-state index contributed by atoms with van der Waals surface area (Å²) in [6.45, 7) is 4.89. The maximum atomic E-state index is 5.92. The average molecular weight is 250 g/mol. The lowest BCUT2D eigenvalue weighted by molar-refractivity contribution is 0.124. The van der Waals surface area contributed by atoms with Gasteiger partial charge in [-0.1, -0.05) is 12.8 Å². The summed E-state index contributed by atoms with van der Waals surface area (Å²) in [5.74, 6) is 0.668. The Morgan fingerprint density at radius 3 is 2.94 bits per heavy atom. The molecule has 1 aromatic heterocycles. The molecule has 2 rings (SSSR count). The van der Waals surface area contributed by atoms with E-state index >= 15 is 0 Å². The first kappa shape index (κ1) is 13.6. The van der Waals surface area contributed by atoms with Crippen LogP contribution in [0.5, 0.6) is 0 Å². The van der Waals surface area contributed by atoms with Crippen LogP contribution < -0.4 is 5.73 Å². The predicted molar refractivity (Wildman–Crippen MR) is 74.2 cm³/mol. The van der Waals surface area contributed by atoms with Crippen molar-refractivity contribution in [3.05, 3.63) is 18.0 Å². The molecule has 0 radical (unpaired) electrons. The third-order valence-corrected chi connectivity index (χ3v) is 4.25. The summed E-state index contributed by atoms with van der Waals surface area (Å²) in [7, 11) is 2.23. The van der Waals surface area contributed by atoms with Crippen molar-refractivity contribution >= 4 is 0 Å². The zero-order valence-electron chi connectivity index (χ0n) is 11.7. The maximum absolute atomic E-state index is 5.92. The summed E-state index contributed by atoms with van der Waals surface area (Å²) in [6.07, 6.45) is 7.17. The predicted octanol–water partition coefficient (Wildman–Crippen LogP) is 1.85. The van der Waals surface area contributed by atoms with E-state index in [1.807, 2.05) is 6.20 Å². The molecule has 0 bridgehead atoms. The minimum Gasteiger partial charge on any atom is -0.330 e. The molecule has 1 fully saturated rings. The second-order valence-electron chi connectivity index (χ2n) is 5.40. The molecule has 1 saturated carbocycles. The van der Waals surface area contributed by atoms with E-state index in [-0.39, 0.29) is 0 Å². The zero-order valence-corrected chi connectivity index (χ0v) is 11.7. The van der Waals surface area contributed by atoms with E-state index in [1.165, 1.54) is 31.4 Å². The topological polar surface area (TPSA) is 47.1 Å². The van der Waals surface area contributed by atoms with Gasteiger partial charge >= 0.3 is 0 Å². The van der Waals surface area contributed by atoms with Crippen LogP contribution >= 0.6 is 0 Å². The highest BCUT2D eigenvalue weighted by Crippen LogP contribution is 2.27. The highest BCUT2D eigenvalue weighted by molar-refractivity contribution is 5.01. The van der Waals surface area contributed by atoms with Crippen LogP contribution in [0.2, 0.25) is 0 Å². The smallest absolute Gasteiger partial charge is 0.0524 e. The first-order chi connectivity index (χ1) is 8.76. The summed E-state index contributed by atoms with van der Waals surface area (Å²) in [5, 5.41) is 4.34. The van der Waals surface area contributed by atoms with E-state index < -0.39 is 0 Å². The van der Waals surface area contributed by atoms with Crippen LogP contribution in [0.1, 0.15) is 38.3 Å². The van der Waals surface area contributed by atoms with Gasteiger partial charge in [-0.15, -0.1) is 0 Å². The quantitative estimate of drug-likeness (QED) is 0.867. The standard InChI is InChI=1S/C14H26N4/c1-3-18-13(8-9-16-18)11-17(2)14-7-5-4-6-12(14)10-15/h8-9,12,14H,3-7,10-11,15H2,1-2H3. The summed E-state index contributed by atoms with van der Waals surface area (Å²) < 4.78 is 2.08. The van der Waals surface area contributed by atoms with Crippen LogP contribution in [-0.4, -0.2) is 34.3 Å². The molecule has 4 nitrogen and oxygen atoms in total. The normalized spacial score (nSPS) is 24.7. The lowest BCUT2D eigenvalue weighted by atomic mass is 9.83. The van der Waals surface area contributed by atoms with Crippen LogP contribution in [0.15, 0.2) is 12.3 Å². The fourth-order valence-electron chi connectivity index (χ4n) is 3.20. The average Bonchev–Trinajstić information content (AvgIpc) is 2.85. The largest absolute Gasteiger partial charge is 0.330 e. The van der Waals surface area contributed by atoms with Crippen LogP contribution in [0.25, 0.3) is 0 Å². The van der Waals surface area contributed by atoms with Gasteiger partial charge in [0.1, 0.15) is 0 Å². The number of hydrogen-bond acceptors (Lipinski definition) is 3. The van der Waals surface area contributed by atoms with Crippen LogP contribution in [0.4, 0.5) is 0 Å².